The third-order valence-corrected chi connectivity index (χ3v) is 8.63. The van der Waals surface area contributed by atoms with Crippen LogP contribution in [0.25, 0.3) is 0 Å². The SMILES string of the molecule is CC(=O)N[C@H]([C@@H]1O[C@](O[C@@H]2[C@H](O)[C@H](C)OC(O)[C@H]2NC(C)=O)(C(=O)O)C[C@H](O)[C@@H]1NC(C)=O)[C@H](C)O[C@H]1O[C@H](CO)[C@@H](O)[C@H](O)[C@H]1NC(C)=O. The van der Waals surface area contributed by atoms with Gasteiger partial charge in [-0.3, -0.25) is 19.2 Å². The van der Waals surface area contributed by atoms with Crippen LogP contribution in [0.3, 0.4) is 0 Å². The minimum atomic E-state index is -2.88. The van der Waals surface area contributed by atoms with Crippen LogP contribution in [0.15, 0.2) is 0 Å². The van der Waals surface area contributed by atoms with Gasteiger partial charge in [-0.1, -0.05) is 0 Å². The van der Waals surface area contributed by atoms with E-state index in [1.165, 1.54) is 13.8 Å². The van der Waals surface area contributed by atoms with Crippen molar-refractivity contribution in [2.75, 3.05) is 6.61 Å². The quantitative estimate of drug-likeness (QED) is 0.0893. The summed E-state index contributed by atoms with van der Waals surface area (Å²) in [6.07, 6.45) is -18.4. The zero-order valence-electron chi connectivity index (χ0n) is 28.3. The number of aliphatic hydroxyl groups excluding tert-OH is 6. The predicted molar refractivity (Wildman–Crippen MR) is 162 cm³/mol. The van der Waals surface area contributed by atoms with Crippen molar-refractivity contribution in [3.8, 4) is 0 Å². The van der Waals surface area contributed by atoms with Gasteiger partial charge in [0.05, 0.1) is 37.0 Å². The van der Waals surface area contributed by atoms with Gasteiger partial charge in [-0.2, -0.15) is 0 Å². The van der Waals surface area contributed by atoms with Crippen molar-refractivity contribution in [1.82, 2.24) is 21.3 Å². The molecular formula is C29H48N4O17. The Morgan fingerprint density at radius 2 is 1.38 bits per heavy atom. The maximum Gasteiger partial charge on any atom is 0.364 e. The fraction of sp³-hybridized carbons (Fsp3) is 0.828. The van der Waals surface area contributed by atoms with Crippen LogP contribution in [0.5, 0.6) is 0 Å². The Hall–Kier alpha value is -3.09. The Labute approximate surface area is 286 Å². The topological polar surface area (TPSA) is 321 Å². The van der Waals surface area contributed by atoms with E-state index >= 15 is 0 Å². The van der Waals surface area contributed by atoms with Crippen LogP contribution in [0.2, 0.25) is 0 Å². The standard InChI is InChI=1S/C29H48N4O17/c1-9(47-27-19(32-13(5)37)23(42)22(41)16(8-34)48-27)17(30-11(3)35)24-18(31-12(4)36)15(39)7-29(49-24,28(44)45)50-25-20(33-14(6)38)26(43)46-10(2)21(25)40/h9-10,15-27,34,39-43H,7-8H2,1-6H3,(H,30,35)(H,31,36)(H,32,37)(H,33,38)(H,44,45)/t9-,10-,15-,16+,17-,18-,19+,20-,21+,22+,23+,24-,25-,26?,27-,29+/m0/s1. The van der Waals surface area contributed by atoms with Crippen LogP contribution in [-0.4, -0.2) is 169 Å². The summed E-state index contributed by atoms with van der Waals surface area (Å²) in [6, 6.07) is -5.93. The summed E-state index contributed by atoms with van der Waals surface area (Å²) in [6.45, 7) is 6.30. The van der Waals surface area contributed by atoms with Gasteiger partial charge >= 0.3 is 5.97 Å². The van der Waals surface area contributed by atoms with Gasteiger partial charge in [0.25, 0.3) is 5.79 Å². The summed E-state index contributed by atoms with van der Waals surface area (Å²) < 4.78 is 28.8. The summed E-state index contributed by atoms with van der Waals surface area (Å²) in [5.74, 6) is -7.51. The first-order chi connectivity index (χ1) is 23.2. The summed E-state index contributed by atoms with van der Waals surface area (Å²) in [7, 11) is 0. The largest absolute Gasteiger partial charge is 0.477 e. The molecule has 4 amide bonds. The fourth-order valence-electron chi connectivity index (χ4n) is 6.30. The lowest BCUT2D eigenvalue weighted by Crippen LogP contribution is -2.73. The van der Waals surface area contributed by atoms with E-state index in [-0.39, 0.29) is 0 Å². The maximum absolute atomic E-state index is 13.0. The highest BCUT2D eigenvalue weighted by molar-refractivity contribution is 5.77. The maximum atomic E-state index is 13.0. The van der Waals surface area contributed by atoms with Crippen molar-refractivity contribution in [3.05, 3.63) is 0 Å². The van der Waals surface area contributed by atoms with Gasteiger partial charge in [0.2, 0.25) is 23.6 Å². The molecule has 0 spiro atoms. The van der Waals surface area contributed by atoms with Crippen LogP contribution in [-0.2, 0) is 47.7 Å². The van der Waals surface area contributed by atoms with E-state index < -0.39 is 140 Å². The van der Waals surface area contributed by atoms with E-state index in [0.29, 0.717) is 0 Å². The smallest absolute Gasteiger partial charge is 0.364 e. The minimum absolute atomic E-state index is 0.660. The molecule has 0 aliphatic carbocycles. The molecule has 3 heterocycles. The predicted octanol–water partition coefficient (Wildman–Crippen LogP) is -5.74. The molecule has 3 aliphatic heterocycles. The Balaban J connectivity index is 2.08. The Morgan fingerprint density at radius 3 is 1.90 bits per heavy atom. The molecule has 0 saturated carbocycles. The molecule has 0 bridgehead atoms. The first-order valence-corrected chi connectivity index (χ1v) is 15.9. The number of carbonyl (C=O) groups is 5. The normalized spacial score (nSPS) is 40.1. The molecule has 21 nitrogen and oxygen atoms in total. The number of aliphatic carboxylic acids is 1. The second-order valence-corrected chi connectivity index (χ2v) is 12.7. The van der Waals surface area contributed by atoms with Gasteiger partial charge in [-0.25, -0.2) is 4.79 Å². The summed E-state index contributed by atoms with van der Waals surface area (Å²) in [5, 5.41) is 84.0. The Bertz CT molecular complexity index is 1240. The number of carboxylic acid groups (broad SMARTS) is 1. The number of rotatable bonds is 12. The first-order valence-electron chi connectivity index (χ1n) is 15.9. The first kappa shape index (κ1) is 41.3. The monoisotopic (exact) mass is 724 g/mol. The van der Waals surface area contributed by atoms with E-state index in [2.05, 4.69) is 21.3 Å². The van der Waals surface area contributed by atoms with Crippen molar-refractivity contribution in [2.45, 2.75) is 145 Å². The number of aliphatic hydroxyl groups is 6. The summed E-state index contributed by atoms with van der Waals surface area (Å²) >= 11 is 0. The van der Waals surface area contributed by atoms with Crippen LogP contribution in [0.4, 0.5) is 0 Å². The van der Waals surface area contributed by atoms with E-state index in [1.807, 2.05) is 0 Å². The van der Waals surface area contributed by atoms with Crippen molar-refractivity contribution in [3.63, 3.8) is 0 Å². The number of hydrogen-bond donors (Lipinski definition) is 11. The third kappa shape index (κ3) is 9.41. The zero-order chi connectivity index (χ0) is 37.8. The van der Waals surface area contributed by atoms with Crippen LogP contribution < -0.4 is 21.3 Å². The minimum Gasteiger partial charge on any atom is -0.477 e. The lowest BCUT2D eigenvalue weighted by atomic mass is 9.86. The summed E-state index contributed by atoms with van der Waals surface area (Å²) in [5.41, 5.74) is 0. The Morgan fingerprint density at radius 1 is 0.820 bits per heavy atom. The second-order valence-electron chi connectivity index (χ2n) is 12.7. The highest BCUT2D eigenvalue weighted by Crippen LogP contribution is 2.38. The number of carboxylic acids is 1. The van der Waals surface area contributed by atoms with Gasteiger partial charge in [-0.15, -0.1) is 0 Å². The molecule has 0 aromatic carbocycles. The molecule has 3 aliphatic rings. The number of amides is 4. The average molecular weight is 725 g/mol. The third-order valence-electron chi connectivity index (χ3n) is 8.63. The van der Waals surface area contributed by atoms with Gasteiger partial charge < -0.3 is 80.7 Å². The molecule has 3 rings (SSSR count). The van der Waals surface area contributed by atoms with Crippen LogP contribution >= 0.6 is 0 Å². The van der Waals surface area contributed by atoms with Crippen LogP contribution in [0, 0.1) is 0 Å². The van der Waals surface area contributed by atoms with Gasteiger partial charge in [0.15, 0.2) is 12.6 Å². The number of nitrogens with one attached hydrogen (secondary N) is 4. The molecule has 1 unspecified atom stereocenters. The molecule has 0 aromatic rings. The van der Waals surface area contributed by atoms with Gasteiger partial charge in [-0.05, 0) is 13.8 Å². The molecular weight excluding hydrogens is 676 g/mol. The van der Waals surface area contributed by atoms with E-state index in [1.54, 1.807) is 0 Å². The molecule has 0 radical (unpaired) electrons. The second kappa shape index (κ2) is 17.0. The van der Waals surface area contributed by atoms with Crippen molar-refractivity contribution < 1.29 is 83.4 Å². The summed E-state index contributed by atoms with van der Waals surface area (Å²) in [4.78, 5) is 61.8. The zero-order valence-corrected chi connectivity index (χ0v) is 28.3. The highest BCUT2D eigenvalue weighted by Gasteiger charge is 2.59. The van der Waals surface area contributed by atoms with E-state index in [4.69, 9.17) is 23.7 Å². The molecule has 11 N–H and O–H groups in total. The molecule has 286 valence electrons. The molecule has 0 aromatic heterocycles. The van der Waals surface area contributed by atoms with Gasteiger partial charge in [0.1, 0.15) is 48.7 Å². The Kier molecular flexibility index (Phi) is 14.0. The van der Waals surface area contributed by atoms with E-state index in [0.717, 1.165) is 27.7 Å². The highest BCUT2D eigenvalue weighted by atomic mass is 16.7. The molecule has 16 atom stereocenters. The van der Waals surface area contributed by atoms with Crippen molar-refractivity contribution >= 4 is 29.6 Å². The average Bonchev–Trinajstić information content (AvgIpc) is 3.00. The molecule has 50 heavy (non-hydrogen) atoms. The lowest BCUT2D eigenvalue weighted by Gasteiger charge is -2.51. The van der Waals surface area contributed by atoms with Crippen molar-refractivity contribution in [2.24, 2.45) is 0 Å². The van der Waals surface area contributed by atoms with Crippen LogP contribution in [0.1, 0.15) is 48.0 Å². The number of carbonyl (C=O) groups excluding carboxylic acids is 4. The lowest BCUT2D eigenvalue weighted by molar-refractivity contribution is -0.347. The van der Waals surface area contributed by atoms with Crippen molar-refractivity contribution in [1.29, 1.82) is 0 Å². The number of hydrogen-bond acceptors (Lipinski definition) is 16. The fourth-order valence-corrected chi connectivity index (χ4v) is 6.30. The number of ether oxygens (including phenoxy) is 5. The molecule has 3 saturated heterocycles. The molecule has 3 fully saturated rings. The van der Waals surface area contributed by atoms with E-state index in [9.17, 15) is 59.7 Å². The van der Waals surface area contributed by atoms with Gasteiger partial charge in [0, 0.05) is 34.1 Å². The molecule has 21 heteroatoms.